The number of nitrogens with zero attached hydrogens (tertiary/aromatic N) is 1. The molecule has 6 nitrogen and oxygen atoms in total. The van der Waals surface area contributed by atoms with Gasteiger partial charge in [-0.15, -0.1) is 0 Å². The lowest BCUT2D eigenvalue weighted by molar-refractivity contribution is -0.123. The van der Waals surface area contributed by atoms with Gasteiger partial charge in [0.2, 0.25) is 0 Å². The summed E-state index contributed by atoms with van der Waals surface area (Å²) < 4.78 is 11.6. The van der Waals surface area contributed by atoms with Gasteiger partial charge in [0.05, 0.1) is 16.8 Å². The first-order chi connectivity index (χ1) is 14.9. The van der Waals surface area contributed by atoms with Gasteiger partial charge in [0.25, 0.3) is 5.91 Å². The number of rotatable bonds is 7. The van der Waals surface area contributed by atoms with Crippen molar-refractivity contribution in [2.45, 2.75) is 6.92 Å². The number of amides is 1. The lowest BCUT2D eigenvalue weighted by Crippen LogP contribution is -2.24. The zero-order valence-electron chi connectivity index (χ0n) is 16.5. The van der Waals surface area contributed by atoms with E-state index in [1.54, 1.807) is 54.6 Å². The summed E-state index contributed by atoms with van der Waals surface area (Å²) in [6.45, 7) is 1.78. The van der Waals surface area contributed by atoms with E-state index in [1.807, 2.05) is 19.1 Å². The molecule has 0 unspecified atom stereocenters. The molecule has 0 aliphatic rings. The topological polar surface area (TPSA) is 77.0 Å². The van der Waals surface area contributed by atoms with E-state index in [2.05, 4.69) is 26.5 Å². The summed E-state index contributed by atoms with van der Waals surface area (Å²) in [7, 11) is 0. The molecule has 0 aliphatic heterocycles. The quantitative estimate of drug-likeness (QED) is 0.210. The zero-order valence-corrected chi connectivity index (χ0v) is 18.8. The number of hydrogen-bond donors (Lipinski definition) is 1. The van der Waals surface area contributed by atoms with Gasteiger partial charge in [-0.1, -0.05) is 57.4 Å². The van der Waals surface area contributed by atoms with Crippen molar-refractivity contribution < 1.29 is 19.1 Å². The van der Waals surface area contributed by atoms with Crippen molar-refractivity contribution in [3.63, 3.8) is 0 Å². The second-order valence-electron chi connectivity index (χ2n) is 6.45. The fraction of sp³-hybridized carbons (Fsp3) is 0.0870. The van der Waals surface area contributed by atoms with Gasteiger partial charge >= 0.3 is 5.97 Å². The molecule has 0 atom stereocenters. The molecule has 0 saturated heterocycles. The Balaban J connectivity index is 1.62. The first-order valence-electron chi connectivity index (χ1n) is 9.20. The normalized spacial score (nSPS) is 10.7. The van der Waals surface area contributed by atoms with Crippen molar-refractivity contribution in [3.8, 4) is 11.5 Å². The van der Waals surface area contributed by atoms with Crippen LogP contribution in [-0.4, -0.2) is 24.7 Å². The van der Waals surface area contributed by atoms with E-state index in [0.717, 1.165) is 10.0 Å². The number of carbonyl (C=O) groups excluding carboxylic acids is 2. The molecule has 3 rings (SSSR count). The van der Waals surface area contributed by atoms with E-state index in [4.69, 9.17) is 21.1 Å². The van der Waals surface area contributed by atoms with Gasteiger partial charge in [0.1, 0.15) is 11.5 Å². The number of halogens is 2. The Kier molecular flexibility index (Phi) is 7.81. The number of hydrogen-bond acceptors (Lipinski definition) is 5. The lowest BCUT2D eigenvalue weighted by atomic mass is 10.2. The Morgan fingerprint density at radius 2 is 1.84 bits per heavy atom. The number of esters is 1. The molecule has 0 heterocycles. The van der Waals surface area contributed by atoms with Gasteiger partial charge in [-0.2, -0.15) is 5.10 Å². The molecule has 1 amide bonds. The standard InChI is InChI=1S/C23H18BrClN2O4/c1-15-6-9-18(10-7-15)30-14-22(28)27-26-13-16-12-17(24)8-11-21(16)31-23(29)19-4-2-3-5-20(19)25/h2-13H,14H2,1H3,(H,27,28)/b26-13+. The highest BCUT2D eigenvalue weighted by molar-refractivity contribution is 9.10. The van der Waals surface area contributed by atoms with Crippen LogP contribution in [0.3, 0.4) is 0 Å². The Morgan fingerprint density at radius 3 is 2.58 bits per heavy atom. The third-order valence-corrected chi connectivity index (χ3v) is 4.87. The highest BCUT2D eigenvalue weighted by Gasteiger charge is 2.14. The first kappa shape index (κ1) is 22.5. The summed E-state index contributed by atoms with van der Waals surface area (Å²) in [5.74, 6) is -0.174. The number of aryl methyl sites for hydroxylation is 1. The summed E-state index contributed by atoms with van der Waals surface area (Å²) in [6, 6.07) is 19.0. The molecular weight excluding hydrogens is 484 g/mol. The number of carbonyl (C=O) groups is 2. The predicted molar refractivity (Wildman–Crippen MR) is 123 cm³/mol. The summed E-state index contributed by atoms with van der Waals surface area (Å²) >= 11 is 9.42. The average Bonchev–Trinajstić information content (AvgIpc) is 2.75. The van der Waals surface area contributed by atoms with Gasteiger partial charge in [0.15, 0.2) is 6.61 Å². The van der Waals surface area contributed by atoms with Crippen LogP contribution < -0.4 is 14.9 Å². The molecule has 8 heteroatoms. The Morgan fingerprint density at radius 1 is 1.10 bits per heavy atom. The van der Waals surface area contributed by atoms with Crippen LogP contribution in [0.5, 0.6) is 11.5 Å². The van der Waals surface area contributed by atoms with Crippen molar-refractivity contribution in [2.75, 3.05) is 6.61 Å². The second kappa shape index (κ2) is 10.7. The summed E-state index contributed by atoms with van der Waals surface area (Å²) in [6.07, 6.45) is 1.38. The van der Waals surface area contributed by atoms with Crippen LogP contribution in [0.1, 0.15) is 21.5 Å². The molecule has 0 radical (unpaired) electrons. The van der Waals surface area contributed by atoms with E-state index in [9.17, 15) is 9.59 Å². The van der Waals surface area contributed by atoms with Gasteiger partial charge < -0.3 is 9.47 Å². The molecule has 0 bridgehead atoms. The van der Waals surface area contributed by atoms with Gasteiger partial charge in [-0.25, -0.2) is 10.2 Å². The minimum Gasteiger partial charge on any atom is -0.484 e. The molecule has 158 valence electrons. The van der Waals surface area contributed by atoms with Crippen LogP contribution in [0.4, 0.5) is 0 Å². The maximum Gasteiger partial charge on any atom is 0.345 e. The van der Waals surface area contributed by atoms with Crippen LogP contribution in [0.15, 0.2) is 76.3 Å². The van der Waals surface area contributed by atoms with E-state index in [1.165, 1.54) is 6.21 Å². The molecule has 0 saturated carbocycles. The summed E-state index contributed by atoms with van der Waals surface area (Å²) in [5, 5.41) is 4.22. The highest BCUT2D eigenvalue weighted by atomic mass is 79.9. The summed E-state index contributed by atoms with van der Waals surface area (Å²) in [4.78, 5) is 24.4. The lowest BCUT2D eigenvalue weighted by Gasteiger charge is -2.09. The van der Waals surface area contributed by atoms with Crippen LogP contribution in [0.25, 0.3) is 0 Å². The van der Waals surface area contributed by atoms with Crippen LogP contribution in [0.2, 0.25) is 5.02 Å². The van der Waals surface area contributed by atoms with Crippen molar-refractivity contribution in [3.05, 3.63) is 92.9 Å². The third kappa shape index (κ3) is 6.67. The van der Waals surface area contributed by atoms with Crippen LogP contribution in [-0.2, 0) is 4.79 Å². The van der Waals surface area contributed by atoms with Gasteiger partial charge in [-0.3, -0.25) is 4.79 Å². The fourth-order valence-electron chi connectivity index (χ4n) is 2.48. The molecule has 31 heavy (non-hydrogen) atoms. The molecule has 0 fully saturated rings. The van der Waals surface area contributed by atoms with E-state index >= 15 is 0 Å². The van der Waals surface area contributed by atoms with Gasteiger partial charge in [-0.05, 0) is 49.4 Å². The number of nitrogens with one attached hydrogen (secondary N) is 1. The average molecular weight is 502 g/mol. The maximum absolute atomic E-state index is 12.4. The first-order valence-corrected chi connectivity index (χ1v) is 10.4. The van der Waals surface area contributed by atoms with E-state index in [0.29, 0.717) is 16.3 Å². The molecule has 3 aromatic rings. The Bertz CT molecular complexity index is 1120. The molecule has 3 aromatic carbocycles. The third-order valence-electron chi connectivity index (χ3n) is 4.05. The molecular formula is C23H18BrClN2O4. The van der Waals surface area contributed by atoms with Crippen molar-refractivity contribution >= 4 is 45.6 Å². The zero-order chi connectivity index (χ0) is 22.2. The van der Waals surface area contributed by atoms with Crippen molar-refractivity contribution in [2.24, 2.45) is 5.10 Å². The SMILES string of the molecule is Cc1ccc(OCC(=O)N/N=C/c2cc(Br)ccc2OC(=O)c2ccccc2Cl)cc1. The van der Waals surface area contributed by atoms with Crippen LogP contribution in [0, 0.1) is 6.92 Å². The van der Waals surface area contributed by atoms with Gasteiger partial charge in [0, 0.05) is 10.0 Å². The largest absolute Gasteiger partial charge is 0.484 e. The summed E-state index contributed by atoms with van der Waals surface area (Å²) in [5.41, 5.74) is 4.21. The fourth-order valence-corrected chi connectivity index (χ4v) is 3.08. The molecule has 0 aromatic heterocycles. The number of hydrazone groups is 1. The smallest absolute Gasteiger partial charge is 0.345 e. The van der Waals surface area contributed by atoms with E-state index in [-0.39, 0.29) is 17.9 Å². The molecule has 0 spiro atoms. The van der Waals surface area contributed by atoms with Crippen LogP contribution >= 0.6 is 27.5 Å². The maximum atomic E-state index is 12.4. The minimum absolute atomic E-state index is 0.187. The number of benzene rings is 3. The predicted octanol–water partition coefficient (Wildman–Crippen LogP) is 5.16. The van der Waals surface area contributed by atoms with Crippen molar-refractivity contribution in [1.29, 1.82) is 0 Å². The number of ether oxygens (including phenoxy) is 2. The highest BCUT2D eigenvalue weighted by Crippen LogP contribution is 2.24. The monoisotopic (exact) mass is 500 g/mol. The van der Waals surface area contributed by atoms with Crippen molar-refractivity contribution in [1.82, 2.24) is 5.43 Å². The Labute approximate surface area is 193 Å². The second-order valence-corrected chi connectivity index (χ2v) is 7.77. The Hall–Kier alpha value is -3.16. The van der Waals surface area contributed by atoms with E-state index < -0.39 is 11.9 Å². The molecule has 0 aliphatic carbocycles. The minimum atomic E-state index is -0.599. The molecule has 1 N–H and O–H groups in total.